The first-order valence-electron chi connectivity index (χ1n) is 6.28. The molecule has 0 spiro atoms. The van der Waals surface area contributed by atoms with Gasteiger partial charge in [0, 0.05) is 4.47 Å². The van der Waals surface area contributed by atoms with Crippen LogP contribution >= 0.6 is 15.9 Å². The van der Waals surface area contributed by atoms with Crippen molar-refractivity contribution < 1.29 is 19.0 Å². The summed E-state index contributed by atoms with van der Waals surface area (Å²) >= 11 is 3.34. The number of rotatable bonds is 5. The zero-order chi connectivity index (χ0) is 15.2. The lowest BCUT2D eigenvalue weighted by molar-refractivity contribution is 0.0471. The quantitative estimate of drug-likeness (QED) is 0.769. The van der Waals surface area contributed by atoms with Crippen LogP contribution in [-0.2, 0) is 11.3 Å². The van der Waals surface area contributed by atoms with E-state index in [9.17, 15) is 4.79 Å². The van der Waals surface area contributed by atoms with Crippen molar-refractivity contribution in [2.45, 2.75) is 6.61 Å². The zero-order valence-corrected chi connectivity index (χ0v) is 13.3. The fourth-order valence-electron chi connectivity index (χ4n) is 1.81. The Morgan fingerprint density at radius 2 is 1.67 bits per heavy atom. The fourth-order valence-corrected chi connectivity index (χ4v) is 2.30. The molecule has 4 nitrogen and oxygen atoms in total. The summed E-state index contributed by atoms with van der Waals surface area (Å²) in [5.74, 6) is 0.600. The summed E-state index contributed by atoms with van der Waals surface area (Å²) in [5.41, 5.74) is 1.33. The predicted molar refractivity (Wildman–Crippen MR) is 82.8 cm³/mol. The lowest BCUT2D eigenvalue weighted by atomic mass is 10.2. The molecular weight excluding hydrogens is 336 g/mol. The molecule has 0 unspecified atom stereocenters. The van der Waals surface area contributed by atoms with Crippen LogP contribution in [0.3, 0.4) is 0 Å². The van der Waals surface area contributed by atoms with Crippen LogP contribution in [-0.4, -0.2) is 20.2 Å². The van der Waals surface area contributed by atoms with Crippen LogP contribution in [0.2, 0.25) is 0 Å². The Morgan fingerprint density at radius 1 is 1.05 bits per heavy atom. The van der Waals surface area contributed by atoms with Crippen molar-refractivity contribution in [3.05, 3.63) is 58.1 Å². The molecule has 0 saturated carbocycles. The first kappa shape index (κ1) is 15.4. The molecule has 2 aromatic rings. The molecule has 2 aromatic carbocycles. The van der Waals surface area contributed by atoms with Crippen LogP contribution in [0.4, 0.5) is 0 Å². The number of carbonyl (C=O) groups excluding carboxylic acids is 1. The molecular formula is C16H15BrO4. The topological polar surface area (TPSA) is 44.8 Å². The van der Waals surface area contributed by atoms with E-state index in [1.807, 2.05) is 30.3 Å². The van der Waals surface area contributed by atoms with E-state index >= 15 is 0 Å². The average Bonchev–Trinajstić information content (AvgIpc) is 2.53. The van der Waals surface area contributed by atoms with Crippen LogP contribution in [0.25, 0.3) is 0 Å². The van der Waals surface area contributed by atoms with Crippen molar-refractivity contribution in [2.24, 2.45) is 0 Å². The van der Waals surface area contributed by atoms with E-state index in [4.69, 9.17) is 14.2 Å². The van der Waals surface area contributed by atoms with Gasteiger partial charge in [0.1, 0.15) is 6.61 Å². The fraction of sp³-hybridized carbons (Fsp3) is 0.188. The highest BCUT2D eigenvalue weighted by atomic mass is 79.9. The van der Waals surface area contributed by atoms with E-state index in [1.54, 1.807) is 12.1 Å². The number of benzene rings is 2. The Balaban J connectivity index is 2.15. The smallest absolute Gasteiger partial charge is 0.339 e. The first-order valence-corrected chi connectivity index (χ1v) is 7.07. The molecule has 0 aliphatic carbocycles. The summed E-state index contributed by atoms with van der Waals surface area (Å²) in [5, 5.41) is 0. The summed E-state index contributed by atoms with van der Waals surface area (Å²) in [7, 11) is 3.06. The van der Waals surface area contributed by atoms with Gasteiger partial charge in [-0.05, 0) is 33.6 Å². The maximum absolute atomic E-state index is 12.2. The lowest BCUT2D eigenvalue weighted by Gasteiger charge is -2.11. The van der Waals surface area contributed by atoms with Gasteiger partial charge in [-0.1, -0.05) is 30.3 Å². The van der Waals surface area contributed by atoms with Gasteiger partial charge in [-0.3, -0.25) is 0 Å². The Kier molecular flexibility index (Phi) is 5.22. The molecule has 5 heteroatoms. The second kappa shape index (κ2) is 7.13. The third kappa shape index (κ3) is 3.76. The summed E-state index contributed by atoms with van der Waals surface area (Å²) in [4.78, 5) is 12.2. The summed E-state index contributed by atoms with van der Waals surface area (Å²) in [6.45, 7) is 0.223. The number of ether oxygens (including phenoxy) is 3. The SMILES string of the molecule is COc1cc(Br)c(C(=O)OCc2ccccc2)cc1OC. The molecule has 0 saturated heterocycles. The Hall–Kier alpha value is -2.01. The highest BCUT2D eigenvalue weighted by molar-refractivity contribution is 9.10. The molecule has 21 heavy (non-hydrogen) atoms. The molecule has 0 atom stereocenters. The van der Waals surface area contributed by atoms with Gasteiger partial charge >= 0.3 is 5.97 Å². The van der Waals surface area contributed by atoms with E-state index in [0.717, 1.165) is 5.56 Å². The maximum Gasteiger partial charge on any atom is 0.339 e. The highest BCUT2D eigenvalue weighted by Gasteiger charge is 2.16. The van der Waals surface area contributed by atoms with E-state index in [2.05, 4.69) is 15.9 Å². The van der Waals surface area contributed by atoms with Crippen LogP contribution < -0.4 is 9.47 Å². The monoisotopic (exact) mass is 350 g/mol. The van der Waals surface area contributed by atoms with E-state index in [-0.39, 0.29) is 6.61 Å². The van der Waals surface area contributed by atoms with Gasteiger partial charge < -0.3 is 14.2 Å². The summed E-state index contributed by atoms with van der Waals surface area (Å²) < 4.78 is 16.3. The Morgan fingerprint density at radius 3 is 2.29 bits per heavy atom. The lowest BCUT2D eigenvalue weighted by Crippen LogP contribution is -2.07. The third-order valence-electron chi connectivity index (χ3n) is 2.91. The standard InChI is InChI=1S/C16H15BrO4/c1-19-14-8-12(13(17)9-15(14)20-2)16(18)21-10-11-6-4-3-5-7-11/h3-9H,10H2,1-2H3. The van der Waals surface area contributed by atoms with Crippen molar-refractivity contribution in [3.8, 4) is 11.5 Å². The van der Waals surface area contributed by atoms with Gasteiger partial charge in [-0.2, -0.15) is 0 Å². The molecule has 0 heterocycles. The minimum Gasteiger partial charge on any atom is -0.493 e. The number of methoxy groups -OCH3 is 2. The highest BCUT2D eigenvalue weighted by Crippen LogP contribution is 2.33. The number of esters is 1. The maximum atomic E-state index is 12.2. The first-order chi connectivity index (χ1) is 10.2. The van der Waals surface area contributed by atoms with Crippen molar-refractivity contribution in [1.82, 2.24) is 0 Å². The van der Waals surface area contributed by atoms with Crippen molar-refractivity contribution in [2.75, 3.05) is 14.2 Å². The second-order valence-corrected chi connectivity index (χ2v) is 5.10. The minimum atomic E-state index is -0.424. The number of hydrogen-bond acceptors (Lipinski definition) is 4. The second-order valence-electron chi connectivity index (χ2n) is 4.25. The minimum absolute atomic E-state index is 0.223. The summed E-state index contributed by atoms with van der Waals surface area (Å²) in [6, 6.07) is 12.8. The number of carbonyl (C=O) groups is 1. The van der Waals surface area contributed by atoms with Crippen molar-refractivity contribution in [3.63, 3.8) is 0 Å². The molecule has 0 fully saturated rings. The van der Waals surface area contributed by atoms with Crippen LogP contribution in [0.1, 0.15) is 15.9 Å². The van der Waals surface area contributed by atoms with E-state index in [0.29, 0.717) is 21.5 Å². The molecule has 0 aromatic heterocycles. The molecule has 0 aliphatic rings. The molecule has 0 radical (unpaired) electrons. The van der Waals surface area contributed by atoms with Gasteiger partial charge in [0.2, 0.25) is 0 Å². The van der Waals surface area contributed by atoms with Crippen molar-refractivity contribution >= 4 is 21.9 Å². The molecule has 0 N–H and O–H groups in total. The number of halogens is 1. The largest absolute Gasteiger partial charge is 0.493 e. The molecule has 2 rings (SSSR count). The van der Waals surface area contributed by atoms with Crippen LogP contribution in [0.15, 0.2) is 46.9 Å². The molecule has 0 aliphatic heterocycles. The van der Waals surface area contributed by atoms with Gasteiger partial charge in [0.25, 0.3) is 0 Å². The Labute approximate surface area is 131 Å². The van der Waals surface area contributed by atoms with Gasteiger partial charge in [0.15, 0.2) is 11.5 Å². The van der Waals surface area contributed by atoms with Gasteiger partial charge in [-0.25, -0.2) is 4.79 Å². The Bertz CT molecular complexity index is 626. The van der Waals surface area contributed by atoms with Gasteiger partial charge in [0.05, 0.1) is 19.8 Å². The summed E-state index contributed by atoms with van der Waals surface area (Å²) in [6.07, 6.45) is 0. The molecule has 0 amide bonds. The molecule has 110 valence electrons. The number of hydrogen-bond donors (Lipinski definition) is 0. The van der Waals surface area contributed by atoms with Crippen LogP contribution in [0, 0.1) is 0 Å². The van der Waals surface area contributed by atoms with E-state index in [1.165, 1.54) is 14.2 Å². The van der Waals surface area contributed by atoms with Gasteiger partial charge in [-0.15, -0.1) is 0 Å². The zero-order valence-electron chi connectivity index (χ0n) is 11.8. The molecule has 0 bridgehead atoms. The predicted octanol–water partition coefficient (Wildman–Crippen LogP) is 3.82. The van der Waals surface area contributed by atoms with E-state index < -0.39 is 5.97 Å². The third-order valence-corrected chi connectivity index (χ3v) is 3.56. The van der Waals surface area contributed by atoms with Crippen LogP contribution in [0.5, 0.6) is 11.5 Å². The average molecular weight is 351 g/mol. The van der Waals surface area contributed by atoms with Crippen molar-refractivity contribution in [1.29, 1.82) is 0 Å². The normalized spacial score (nSPS) is 10.0.